The van der Waals surface area contributed by atoms with Crippen molar-refractivity contribution in [2.24, 2.45) is 0 Å². The Bertz CT molecular complexity index is 997. The van der Waals surface area contributed by atoms with Crippen molar-refractivity contribution in [3.8, 4) is 22.8 Å². The Balaban J connectivity index is 1.77. The molecule has 1 heterocycles. The molecule has 0 saturated heterocycles. The number of carbonyl (C=O) groups excluding carboxylic acids is 1. The van der Waals surface area contributed by atoms with E-state index in [1.54, 1.807) is 14.0 Å². The molecule has 3 rings (SSSR count). The maximum Gasteiger partial charge on any atom is 0.266 e. The number of hydrogen-bond donors (Lipinski definition) is 1. The minimum atomic E-state index is -0.720. The minimum Gasteiger partial charge on any atom is -0.497 e. The van der Waals surface area contributed by atoms with E-state index in [-0.39, 0.29) is 11.7 Å². The van der Waals surface area contributed by atoms with E-state index in [2.05, 4.69) is 15.6 Å². The van der Waals surface area contributed by atoms with Gasteiger partial charge in [0, 0.05) is 5.56 Å². The summed E-state index contributed by atoms with van der Waals surface area (Å²) in [7, 11) is 1.61. The number of benzene rings is 2. The van der Waals surface area contributed by atoms with E-state index in [0.717, 1.165) is 28.0 Å². The number of ether oxygens (including phenoxy) is 2. The molecule has 1 unspecified atom stereocenters. The number of nitrogens with one attached hydrogen (secondary N) is 1. The molecule has 0 aliphatic rings. The van der Waals surface area contributed by atoms with Gasteiger partial charge in [-0.25, -0.2) is 4.63 Å². The van der Waals surface area contributed by atoms with Crippen LogP contribution in [0, 0.1) is 20.8 Å². The highest BCUT2D eigenvalue weighted by Gasteiger charge is 2.22. The number of aryl methyl sites for hydroxylation is 2. The van der Waals surface area contributed by atoms with Crippen molar-refractivity contribution in [1.29, 1.82) is 0 Å². The van der Waals surface area contributed by atoms with Crippen molar-refractivity contribution in [3.63, 3.8) is 0 Å². The normalized spacial score (nSPS) is 11.8. The predicted molar refractivity (Wildman–Crippen MR) is 106 cm³/mol. The standard InChI is InChI=1S/C21H23N3O4/c1-12-7-6-8-18(14(12)3)27-15(4)21(25)22-20-19(23-28-24-20)17-10-9-16(26-5)11-13(17)2/h6-11,15H,1-5H3,(H,22,24,25). The number of methoxy groups -OCH3 is 1. The van der Waals surface area contributed by atoms with Crippen molar-refractivity contribution in [2.75, 3.05) is 12.4 Å². The van der Waals surface area contributed by atoms with Crippen LogP contribution in [-0.4, -0.2) is 29.4 Å². The number of carbonyl (C=O) groups is 1. The van der Waals surface area contributed by atoms with Gasteiger partial charge in [0.15, 0.2) is 11.8 Å². The van der Waals surface area contributed by atoms with Gasteiger partial charge >= 0.3 is 0 Å². The Labute approximate surface area is 163 Å². The van der Waals surface area contributed by atoms with Crippen molar-refractivity contribution < 1.29 is 18.9 Å². The van der Waals surface area contributed by atoms with Gasteiger partial charge in [0.1, 0.15) is 11.5 Å². The van der Waals surface area contributed by atoms with Crippen LogP contribution < -0.4 is 14.8 Å². The lowest BCUT2D eigenvalue weighted by Gasteiger charge is -2.16. The maximum absolute atomic E-state index is 12.6. The summed E-state index contributed by atoms with van der Waals surface area (Å²) in [5, 5.41) is 10.5. The van der Waals surface area contributed by atoms with E-state index in [4.69, 9.17) is 14.1 Å². The highest BCUT2D eigenvalue weighted by atomic mass is 16.6. The molecule has 28 heavy (non-hydrogen) atoms. The second-order valence-corrected chi connectivity index (χ2v) is 6.59. The van der Waals surface area contributed by atoms with Gasteiger partial charge < -0.3 is 14.8 Å². The quantitative estimate of drug-likeness (QED) is 0.692. The molecule has 7 nitrogen and oxygen atoms in total. The summed E-state index contributed by atoms with van der Waals surface area (Å²) < 4.78 is 15.9. The summed E-state index contributed by atoms with van der Waals surface area (Å²) in [6.07, 6.45) is -0.720. The zero-order valence-electron chi connectivity index (χ0n) is 16.6. The van der Waals surface area contributed by atoms with E-state index in [0.29, 0.717) is 11.4 Å². The van der Waals surface area contributed by atoms with Gasteiger partial charge in [-0.2, -0.15) is 0 Å². The van der Waals surface area contributed by atoms with Gasteiger partial charge in [0.25, 0.3) is 5.91 Å². The molecule has 0 fully saturated rings. The molecule has 1 amide bonds. The van der Waals surface area contributed by atoms with Crippen LogP contribution in [-0.2, 0) is 4.79 Å². The average molecular weight is 381 g/mol. The first-order valence-corrected chi connectivity index (χ1v) is 8.92. The molecule has 1 N–H and O–H groups in total. The van der Waals surface area contributed by atoms with Crippen LogP contribution in [0.2, 0.25) is 0 Å². The Morgan fingerprint density at radius 2 is 1.89 bits per heavy atom. The smallest absolute Gasteiger partial charge is 0.266 e. The van der Waals surface area contributed by atoms with Crippen LogP contribution in [0.25, 0.3) is 11.3 Å². The van der Waals surface area contributed by atoms with Gasteiger partial charge in [-0.3, -0.25) is 4.79 Å². The summed E-state index contributed by atoms with van der Waals surface area (Å²) in [5.41, 5.74) is 4.26. The highest BCUT2D eigenvalue weighted by molar-refractivity contribution is 5.96. The van der Waals surface area contributed by atoms with Gasteiger partial charge in [-0.05, 0) is 79.0 Å². The second-order valence-electron chi connectivity index (χ2n) is 6.59. The first kappa shape index (κ1) is 19.4. The Morgan fingerprint density at radius 1 is 1.11 bits per heavy atom. The lowest BCUT2D eigenvalue weighted by Crippen LogP contribution is -2.30. The summed E-state index contributed by atoms with van der Waals surface area (Å²) in [4.78, 5) is 12.6. The lowest BCUT2D eigenvalue weighted by atomic mass is 10.1. The fourth-order valence-corrected chi connectivity index (χ4v) is 2.79. The molecule has 0 radical (unpaired) electrons. The molecular weight excluding hydrogens is 358 g/mol. The van der Waals surface area contributed by atoms with Crippen LogP contribution in [0.5, 0.6) is 11.5 Å². The zero-order chi connectivity index (χ0) is 20.3. The number of aromatic nitrogens is 2. The molecule has 0 aliphatic heterocycles. The molecule has 0 spiro atoms. The largest absolute Gasteiger partial charge is 0.497 e. The van der Waals surface area contributed by atoms with Crippen LogP contribution in [0.1, 0.15) is 23.6 Å². The number of nitrogens with zero attached hydrogens (tertiary/aromatic N) is 2. The van der Waals surface area contributed by atoms with Gasteiger partial charge in [0.2, 0.25) is 5.82 Å². The van der Waals surface area contributed by atoms with Crippen LogP contribution in [0.15, 0.2) is 41.0 Å². The second kappa shape index (κ2) is 8.12. The summed E-state index contributed by atoms with van der Waals surface area (Å²) in [5.74, 6) is 1.31. The third-order valence-electron chi connectivity index (χ3n) is 4.65. The highest BCUT2D eigenvalue weighted by Crippen LogP contribution is 2.30. The van der Waals surface area contributed by atoms with Gasteiger partial charge in [-0.15, -0.1) is 0 Å². The fourth-order valence-electron chi connectivity index (χ4n) is 2.79. The molecule has 0 bridgehead atoms. The predicted octanol–water partition coefficient (Wildman–Crippen LogP) is 4.08. The van der Waals surface area contributed by atoms with Crippen molar-refractivity contribution in [1.82, 2.24) is 10.3 Å². The molecule has 0 saturated carbocycles. The van der Waals surface area contributed by atoms with Crippen LogP contribution in [0.4, 0.5) is 5.82 Å². The van der Waals surface area contributed by atoms with E-state index in [1.165, 1.54) is 0 Å². The molecule has 3 aromatic rings. The minimum absolute atomic E-state index is 0.245. The van der Waals surface area contributed by atoms with E-state index in [9.17, 15) is 4.79 Å². The van der Waals surface area contributed by atoms with Crippen LogP contribution >= 0.6 is 0 Å². The summed E-state index contributed by atoms with van der Waals surface area (Å²) in [6, 6.07) is 11.3. The Morgan fingerprint density at radius 3 is 2.61 bits per heavy atom. The molecule has 7 heteroatoms. The zero-order valence-corrected chi connectivity index (χ0v) is 16.6. The lowest BCUT2D eigenvalue weighted by molar-refractivity contribution is -0.122. The van der Waals surface area contributed by atoms with Gasteiger partial charge in [-0.1, -0.05) is 12.1 Å². The van der Waals surface area contributed by atoms with Gasteiger partial charge in [0.05, 0.1) is 7.11 Å². The molecule has 1 atom stereocenters. The molecular formula is C21H23N3O4. The monoisotopic (exact) mass is 381 g/mol. The van der Waals surface area contributed by atoms with E-state index < -0.39 is 6.10 Å². The van der Waals surface area contributed by atoms with Crippen molar-refractivity contribution >= 4 is 11.7 Å². The number of rotatable bonds is 6. The van der Waals surface area contributed by atoms with Crippen LogP contribution in [0.3, 0.4) is 0 Å². The summed E-state index contributed by atoms with van der Waals surface area (Å²) in [6.45, 7) is 7.56. The molecule has 146 valence electrons. The summed E-state index contributed by atoms with van der Waals surface area (Å²) >= 11 is 0. The Kier molecular flexibility index (Phi) is 5.63. The first-order valence-electron chi connectivity index (χ1n) is 8.92. The topological polar surface area (TPSA) is 86.5 Å². The van der Waals surface area contributed by atoms with E-state index in [1.807, 2.05) is 57.2 Å². The first-order chi connectivity index (χ1) is 13.4. The number of anilines is 1. The Hall–Kier alpha value is -3.35. The fraction of sp³-hybridized carbons (Fsp3) is 0.286. The average Bonchev–Trinajstić information content (AvgIpc) is 3.13. The molecule has 0 aliphatic carbocycles. The maximum atomic E-state index is 12.6. The van der Waals surface area contributed by atoms with E-state index >= 15 is 0 Å². The van der Waals surface area contributed by atoms with Crippen molar-refractivity contribution in [3.05, 3.63) is 53.1 Å². The number of amides is 1. The van der Waals surface area contributed by atoms with Crippen molar-refractivity contribution in [2.45, 2.75) is 33.8 Å². The number of hydrogen-bond acceptors (Lipinski definition) is 6. The SMILES string of the molecule is COc1ccc(-c2nonc2NC(=O)C(C)Oc2cccc(C)c2C)c(C)c1. The third-order valence-corrected chi connectivity index (χ3v) is 4.65. The molecule has 2 aromatic carbocycles. The third kappa shape index (κ3) is 3.98. The molecule has 1 aromatic heterocycles.